The summed E-state index contributed by atoms with van der Waals surface area (Å²) >= 11 is 0. The standard InChI is InChI=1S/C23H24N4O/c1-2-16-11-12-17-7-3-4-8-18(17)20(16)15-25-23-26-21-10-6-5-9-19(21)22(27-23)24-13-14-28/h3-12,28H,2,13-15H2,1H3,(H2,24,25,26,27). The van der Waals surface area contributed by atoms with Gasteiger partial charge in [-0.1, -0.05) is 55.5 Å². The maximum absolute atomic E-state index is 9.16. The summed E-state index contributed by atoms with van der Waals surface area (Å²) < 4.78 is 0. The minimum Gasteiger partial charge on any atom is -0.395 e. The van der Waals surface area contributed by atoms with Gasteiger partial charge in [-0.15, -0.1) is 0 Å². The molecule has 28 heavy (non-hydrogen) atoms. The molecule has 0 radical (unpaired) electrons. The van der Waals surface area contributed by atoms with E-state index in [4.69, 9.17) is 5.11 Å². The highest BCUT2D eigenvalue weighted by Gasteiger charge is 2.10. The fraction of sp³-hybridized carbons (Fsp3) is 0.217. The SMILES string of the molecule is CCc1ccc2ccccc2c1CNc1nc(NCCO)c2ccccc2n1. The van der Waals surface area contributed by atoms with Crippen LogP contribution in [0.4, 0.5) is 11.8 Å². The first-order chi connectivity index (χ1) is 13.8. The summed E-state index contributed by atoms with van der Waals surface area (Å²) in [5.74, 6) is 1.31. The van der Waals surface area contributed by atoms with Crippen LogP contribution in [0, 0.1) is 0 Å². The number of aliphatic hydroxyl groups is 1. The Labute approximate surface area is 164 Å². The highest BCUT2D eigenvalue weighted by Crippen LogP contribution is 2.25. The molecule has 0 bridgehead atoms. The smallest absolute Gasteiger partial charge is 0.225 e. The molecule has 1 heterocycles. The number of hydrogen-bond donors (Lipinski definition) is 3. The molecule has 0 saturated heterocycles. The predicted molar refractivity (Wildman–Crippen MR) is 116 cm³/mol. The molecule has 142 valence electrons. The van der Waals surface area contributed by atoms with E-state index in [1.807, 2.05) is 24.3 Å². The van der Waals surface area contributed by atoms with Crippen LogP contribution >= 0.6 is 0 Å². The van der Waals surface area contributed by atoms with Gasteiger partial charge in [-0.3, -0.25) is 0 Å². The molecule has 5 heteroatoms. The van der Waals surface area contributed by atoms with E-state index in [2.05, 4.69) is 63.9 Å². The number of aromatic nitrogens is 2. The van der Waals surface area contributed by atoms with Crippen molar-refractivity contribution in [2.24, 2.45) is 0 Å². The van der Waals surface area contributed by atoms with E-state index < -0.39 is 0 Å². The van der Waals surface area contributed by atoms with Crippen LogP contribution < -0.4 is 10.6 Å². The van der Waals surface area contributed by atoms with Gasteiger partial charge in [0.15, 0.2) is 0 Å². The number of nitrogens with one attached hydrogen (secondary N) is 2. The van der Waals surface area contributed by atoms with Crippen LogP contribution in [0.25, 0.3) is 21.7 Å². The van der Waals surface area contributed by atoms with Crippen LogP contribution in [0.1, 0.15) is 18.1 Å². The quantitative estimate of drug-likeness (QED) is 0.450. The number of benzene rings is 3. The third kappa shape index (κ3) is 3.62. The molecule has 0 aliphatic carbocycles. The topological polar surface area (TPSA) is 70.1 Å². The molecule has 0 fully saturated rings. The maximum Gasteiger partial charge on any atom is 0.225 e. The molecule has 0 saturated carbocycles. The molecule has 0 aliphatic heterocycles. The predicted octanol–water partition coefficient (Wildman–Crippen LogP) is 4.36. The van der Waals surface area contributed by atoms with E-state index in [1.165, 1.54) is 21.9 Å². The molecular weight excluding hydrogens is 348 g/mol. The number of aliphatic hydroxyl groups excluding tert-OH is 1. The molecule has 0 aliphatic rings. The number of rotatable bonds is 7. The Morgan fingerprint density at radius 1 is 0.857 bits per heavy atom. The van der Waals surface area contributed by atoms with E-state index in [0.29, 0.717) is 19.0 Å². The van der Waals surface area contributed by atoms with Gasteiger partial charge >= 0.3 is 0 Å². The zero-order chi connectivity index (χ0) is 19.3. The first-order valence-corrected chi connectivity index (χ1v) is 9.65. The number of aryl methyl sites for hydroxylation is 1. The van der Waals surface area contributed by atoms with Gasteiger partial charge in [0.2, 0.25) is 5.95 Å². The lowest BCUT2D eigenvalue weighted by molar-refractivity contribution is 0.311. The van der Waals surface area contributed by atoms with Crippen LogP contribution in [-0.2, 0) is 13.0 Å². The molecule has 4 rings (SSSR count). The number of hydrogen-bond acceptors (Lipinski definition) is 5. The molecule has 5 nitrogen and oxygen atoms in total. The number of para-hydroxylation sites is 1. The summed E-state index contributed by atoms with van der Waals surface area (Å²) in [4.78, 5) is 9.31. The summed E-state index contributed by atoms with van der Waals surface area (Å²) in [5.41, 5.74) is 3.47. The zero-order valence-electron chi connectivity index (χ0n) is 15.9. The highest BCUT2D eigenvalue weighted by molar-refractivity contribution is 5.90. The van der Waals surface area contributed by atoms with E-state index in [1.54, 1.807) is 0 Å². The Kier molecular flexibility index (Phi) is 5.35. The molecule has 3 N–H and O–H groups in total. The molecule has 0 unspecified atom stereocenters. The average Bonchev–Trinajstić information content (AvgIpc) is 2.75. The summed E-state index contributed by atoms with van der Waals surface area (Å²) in [6.07, 6.45) is 0.976. The van der Waals surface area contributed by atoms with Gasteiger partial charge < -0.3 is 15.7 Å². The first-order valence-electron chi connectivity index (χ1n) is 9.65. The summed E-state index contributed by atoms with van der Waals surface area (Å²) in [7, 11) is 0. The lowest BCUT2D eigenvalue weighted by Gasteiger charge is -2.14. The van der Waals surface area contributed by atoms with Gasteiger partial charge in [-0.2, -0.15) is 4.98 Å². The van der Waals surface area contributed by atoms with Crippen LogP contribution in [0.5, 0.6) is 0 Å². The fourth-order valence-electron chi connectivity index (χ4n) is 3.55. The maximum atomic E-state index is 9.16. The lowest BCUT2D eigenvalue weighted by atomic mass is 9.97. The van der Waals surface area contributed by atoms with Crippen LogP contribution in [0.15, 0.2) is 60.7 Å². The van der Waals surface area contributed by atoms with Crippen LogP contribution in [0.3, 0.4) is 0 Å². The Hall–Kier alpha value is -3.18. The molecule has 1 aromatic heterocycles. The van der Waals surface area contributed by atoms with Crippen molar-refractivity contribution in [1.82, 2.24) is 9.97 Å². The van der Waals surface area contributed by atoms with E-state index in [-0.39, 0.29) is 6.61 Å². The molecule has 3 aromatic carbocycles. The fourth-order valence-corrected chi connectivity index (χ4v) is 3.55. The number of anilines is 2. The second-order valence-corrected chi connectivity index (χ2v) is 6.69. The van der Waals surface area contributed by atoms with Crippen molar-refractivity contribution >= 4 is 33.4 Å². The third-order valence-corrected chi connectivity index (χ3v) is 4.95. The lowest BCUT2D eigenvalue weighted by Crippen LogP contribution is -2.11. The molecule has 0 atom stereocenters. The largest absolute Gasteiger partial charge is 0.395 e. The number of nitrogens with zero attached hydrogens (tertiary/aromatic N) is 2. The molecule has 0 amide bonds. The Morgan fingerprint density at radius 2 is 1.64 bits per heavy atom. The van der Waals surface area contributed by atoms with Crippen molar-refractivity contribution in [3.63, 3.8) is 0 Å². The highest BCUT2D eigenvalue weighted by atomic mass is 16.3. The second kappa shape index (κ2) is 8.23. The summed E-state index contributed by atoms with van der Waals surface area (Å²) in [5, 5.41) is 19.2. The van der Waals surface area contributed by atoms with Gasteiger partial charge in [0, 0.05) is 18.5 Å². The summed E-state index contributed by atoms with van der Waals surface area (Å²) in [6.45, 7) is 3.33. The third-order valence-electron chi connectivity index (χ3n) is 4.95. The van der Waals surface area contributed by atoms with Gasteiger partial charge in [0.1, 0.15) is 5.82 Å². The van der Waals surface area contributed by atoms with Gasteiger partial charge in [0.25, 0.3) is 0 Å². The van der Waals surface area contributed by atoms with Crippen LogP contribution in [-0.4, -0.2) is 28.2 Å². The van der Waals surface area contributed by atoms with Crippen molar-refractivity contribution in [3.8, 4) is 0 Å². The van der Waals surface area contributed by atoms with Crippen molar-refractivity contribution in [3.05, 3.63) is 71.8 Å². The normalized spacial score (nSPS) is 11.1. The Bertz CT molecular complexity index is 1110. The van der Waals surface area contributed by atoms with Gasteiger partial charge in [-0.05, 0) is 40.5 Å². The Balaban J connectivity index is 1.69. The van der Waals surface area contributed by atoms with Crippen molar-refractivity contribution in [1.29, 1.82) is 0 Å². The van der Waals surface area contributed by atoms with Crippen LogP contribution in [0.2, 0.25) is 0 Å². The first kappa shape index (κ1) is 18.2. The summed E-state index contributed by atoms with van der Waals surface area (Å²) in [6, 6.07) is 20.7. The van der Waals surface area contributed by atoms with E-state index in [9.17, 15) is 0 Å². The van der Waals surface area contributed by atoms with Crippen molar-refractivity contribution in [2.75, 3.05) is 23.8 Å². The minimum absolute atomic E-state index is 0.0525. The van der Waals surface area contributed by atoms with E-state index >= 15 is 0 Å². The average molecular weight is 372 g/mol. The van der Waals surface area contributed by atoms with Gasteiger partial charge in [-0.25, -0.2) is 4.98 Å². The molecule has 4 aromatic rings. The molecule has 0 spiro atoms. The monoisotopic (exact) mass is 372 g/mol. The van der Waals surface area contributed by atoms with E-state index in [0.717, 1.165) is 23.1 Å². The number of fused-ring (bicyclic) bond motifs is 2. The van der Waals surface area contributed by atoms with Crippen molar-refractivity contribution in [2.45, 2.75) is 19.9 Å². The van der Waals surface area contributed by atoms with Gasteiger partial charge in [0.05, 0.1) is 12.1 Å². The minimum atomic E-state index is 0.0525. The zero-order valence-corrected chi connectivity index (χ0v) is 15.9. The Morgan fingerprint density at radius 3 is 2.46 bits per heavy atom. The molecular formula is C23H24N4O. The van der Waals surface area contributed by atoms with Crippen molar-refractivity contribution < 1.29 is 5.11 Å². The second-order valence-electron chi connectivity index (χ2n) is 6.69.